The molecule has 1 aliphatic rings. The number of halogens is 1. The van der Waals surface area contributed by atoms with Crippen LogP contribution in [0, 0.1) is 19.7 Å². The largest absolute Gasteiger partial charge is 0.361 e. The molecule has 0 aliphatic heterocycles. The van der Waals surface area contributed by atoms with Crippen LogP contribution in [0.15, 0.2) is 59.1 Å². The van der Waals surface area contributed by atoms with E-state index in [9.17, 15) is 9.18 Å². The topological polar surface area (TPSA) is 64.2 Å². The third kappa shape index (κ3) is 3.49. The van der Waals surface area contributed by atoms with Gasteiger partial charge in [-0.1, -0.05) is 23.4 Å². The molecule has 32 heavy (non-hydrogen) atoms. The Morgan fingerprint density at radius 3 is 2.53 bits per heavy atom. The Morgan fingerprint density at radius 2 is 1.84 bits per heavy atom. The highest BCUT2D eigenvalue weighted by atomic mass is 19.1. The van der Waals surface area contributed by atoms with Gasteiger partial charge in [-0.15, -0.1) is 0 Å². The summed E-state index contributed by atoms with van der Waals surface area (Å²) in [6.07, 6.45) is 2.59. The van der Waals surface area contributed by atoms with Crippen LogP contribution in [-0.2, 0) is 19.4 Å². The molecule has 6 nitrogen and oxygen atoms in total. The Hall–Kier alpha value is -3.74. The highest BCUT2D eigenvalue weighted by Gasteiger charge is 2.31. The third-order valence-corrected chi connectivity index (χ3v) is 6.01. The fourth-order valence-electron chi connectivity index (χ4n) is 4.31. The molecule has 162 valence electrons. The van der Waals surface area contributed by atoms with Gasteiger partial charge in [-0.3, -0.25) is 4.79 Å². The van der Waals surface area contributed by atoms with E-state index in [4.69, 9.17) is 9.62 Å². The van der Waals surface area contributed by atoms with Crippen molar-refractivity contribution in [2.75, 3.05) is 4.90 Å². The smallest absolute Gasteiger partial charge is 0.279 e. The van der Waals surface area contributed by atoms with Crippen LogP contribution in [0.25, 0.3) is 5.69 Å². The second kappa shape index (κ2) is 8.07. The maximum Gasteiger partial charge on any atom is 0.279 e. The Kier molecular flexibility index (Phi) is 5.09. The number of aryl methyl sites for hydroxylation is 2. The fourth-order valence-corrected chi connectivity index (χ4v) is 4.31. The minimum Gasteiger partial charge on any atom is -0.361 e. The lowest BCUT2D eigenvalue weighted by atomic mass is 10.1. The summed E-state index contributed by atoms with van der Waals surface area (Å²) in [5.74, 6) is 0.220. The summed E-state index contributed by atoms with van der Waals surface area (Å²) in [5.41, 5.74) is 5.61. The van der Waals surface area contributed by atoms with Crippen LogP contribution in [0.1, 0.15) is 45.2 Å². The number of carbonyl (C=O) groups is 1. The molecular weight excluding hydrogens is 407 g/mol. The lowest BCUT2D eigenvalue weighted by molar-refractivity contribution is 0.0979. The van der Waals surface area contributed by atoms with Crippen LogP contribution in [0.3, 0.4) is 0 Å². The zero-order chi connectivity index (χ0) is 22.2. The van der Waals surface area contributed by atoms with Gasteiger partial charge in [0.2, 0.25) is 0 Å². The molecule has 1 aliphatic carbocycles. The monoisotopic (exact) mass is 430 g/mol. The molecule has 4 aromatic rings. The third-order valence-electron chi connectivity index (χ3n) is 6.01. The average molecular weight is 430 g/mol. The molecule has 0 radical (unpaired) electrons. The predicted octanol–water partition coefficient (Wildman–Crippen LogP) is 4.95. The maximum atomic E-state index is 13.9. The molecule has 2 aromatic heterocycles. The van der Waals surface area contributed by atoms with Gasteiger partial charge in [0.25, 0.3) is 5.91 Å². The lowest BCUT2D eigenvalue weighted by Gasteiger charge is -2.22. The lowest BCUT2D eigenvalue weighted by Crippen LogP contribution is -2.32. The molecule has 0 N–H and O–H groups in total. The number of para-hydroxylation sites is 1. The number of aromatic nitrogens is 3. The van der Waals surface area contributed by atoms with Gasteiger partial charge in [-0.2, -0.15) is 5.10 Å². The molecule has 0 atom stereocenters. The molecule has 2 heterocycles. The summed E-state index contributed by atoms with van der Waals surface area (Å²) in [6.45, 7) is 4.06. The van der Waals surface area contributed by atoms with Gasteiger partial charge in [0.05, 0.1) is 17.9 Å². The van der Waals surface area contributed by atoms with Crippen molar-refractivity contribution < 1.29 is 13.7 Å². The molecule has 0 spiro atoms. The quantitative estimate of drug-likeness (QED) is 0.449. The number of benzene rings is 2. The number of hydrogen-bond donors (Lipinski definition) is 0. The minimum atomic E-state index is -0.302. The Balaban J connectivity index is 1.58. The first-order chi connectivity index (χ1) is 15.5. The van der Waals surface area contributed by atoms with E-state index in [-0.39, 0.29) is 11.7 Å². The van der Waals surface area contributed by atoms with E-state index < -0.39 is 0 Å². The van der Waals surface area contributed by atoms with Gasteiger partial charge in [0.15, 0.2) is 5.69 Å². The number of amides is 1. The number of anilines is 1. The maximum absolute atomic E-state index is 13.9. The molecule has 2 aromatic carbocycles. The van der Waals surface area contributed by atoms with Gasteiger partial charge in [-0.25, -0.2) is 9.07 Å². The molecular formula is C25H23FN4O2. The van der Waals surface area contributed by atoms with Crippen molar-refractivity contribution in [2.45, 2.75) is 39.7 Å². The first-order valence-electron chi connectivity index (χ1n) is 10.7. The van der Waals surface area contributed by atoms with Crippen LogP contribution < -0.4 is 4.90 Å². The van der Waals surface area contributed by atoms with Crippen LogP contribution >= 0.6 is 0 Å². The standard InChI is InChI=1S/C25H23FN4O2/c1-16-22(17(2)32-28-16)15-29(19-7-4-3-5-8-19)25(31)24-21-9-6-10-23(21)30(27-24)20-13-11-18(26)12-14-20/h3-5,7-8,11-14H,6,9-10,15H2,1-2H3. The van der Waals surface area contributed by atoms with Gasteiger partial charge in [-0.05, 0) is 69.5 Å². The first kappa shape index (κ1) is 20.2. The normalized spacial score (nSPS) is 12.7. The van der Waals surface area contributed by atoms with E-state index in [2.05, 4.69) is 5.16 Å². The van der Waals surface area contributed by atoms with Crippen LogP contribution in [0.4, 0.5) is 10.1 Å². The van der Waals surface area contributed by atoms with Crippen molar-refractivity contribution >= 4 is 11.6 Å². The zero-order valence-electron chi connectivity index (χ0n) is 18.0. The molecule has 0 unspecified atom stereocenters. The van der Waals surface area contributed by atoms with Crippen LogP contribution in [-0.4, -0.2) is 20.8 Å². The second-order valence-corrected chi connectivity index (χ2v) is 8.05. The summed E-state index contributed by atoms with van der Waals surface area (Å²) < 4.78 is 20.6. The summed E-state index contributed by atoms with van der Waals surface area (Å²) in [6, 6.07) is 15.8. The average Bonchev–Trinajstić information content (AvgIpc) is 3.50. The number of fused-ring (bicyclic) bond motifs is 1. The van der Waals surface area contributed by atoms with Gasteiger partial charge in [0.1, 0.15) is 11.6 Å². The van der Waals surface area contributed by atoms with Gasteiger partial charge < -0.3 is 9.42 Å². The van der Waals surface area contributed by atoms with Crippen molar-refractivity contribution in [2.24, 2.45) is 0 Å². The van der Waals surface area contributed by atoms with E-state index in [0.29, 0.717) is 18.0 Å². The summed E-state index contributed by atoms with van der Waals surface area (Å²) in [4.78, 5) is 15.6. The Bertz CT molecular complexity index is 1260. The molecule has 0 bridgehead atoms. The van der Waals surface area contributed by atoms with Gasteiger partial charge >= 0.3 is 0 Å². The van der Waals surface area contributed by atoms with Gasteiger partial charge in [0, 0.05) is 22.5 Å². The second-order valence-electron chi connectivity index (χ2n) is 8.05. The number of carbonyl (C=O) groups excluding carboxylic acids is 1. The minimum absolute atomic E-state index is 0.171. The SMILES string of the molecule is Cc1noc(C)c1CN(C(=O)c1nn(-c2ccc(F)cc2)c2c1CCC2)c1ccccc1. The number of nitrogens with zero attached hydrogens (tertiary/aromatic N) is 4. The Labute approximate surface area is 185 Å². The number of rotatable bonds is 5. The highest BCUT2D eigenvalue weighted by Crippen LogP contribution is 2.31. The van der Waals surface area contributed by atoms with Crippen LogP contribution in [0.5, 0.6) is 0 Å². The molecule has 5 rings (SSSR count). The summed E-state index contributed by atoms with van der Waals surface area (Å²) in [5, 5.41) is 8.76. The van der Waals surface area contributed by atoms with E-state index in [1.54, 1.807) is 21.7 Å². The number of hydrogen-bond acceptors (Lipinski definition) is 4. The van der Waals surface area contributed by atoms with Crippen molar-refractivity contribution in [3.63, 3.8) is 0 Å². The van der Waals surface area contributed by atoms with E-state index in [1.165, 1.54) is 12.1 Å². The molecule has 0 saturated carbocycles. The molecule has 7 heteroatoms. The zero-order valence-corrected chi connectivity index (χ0v) is 18.0. The highest BCUT2D eigenvalue weighted by molar-refractivity contribution is 6.06. The van der Waals surface area contributed by atoms with Crippen LogP contribution in [0.2, 0.25) is 0 Å². The van der Waals surface area contributed by atoms with Crippen molar-refractivity contribution in [3.05, 3.63) is 94.4 Å². The van der Waals surface area contributed by atoms with E-state index in [0.717, 1.165) is 53.2 Å². The molecule has 0 saturated heterocycles. The first-order valence-corrected chi connectivity index (χ1v) is 10.7. The molecule has 1 amide bonds. The Morgan fingerprint density at radius 1 is 1.09 bits per heavy atom. The van der Waals surface area contributed by atoms with Crippen molar-refractivity contribution in [3.8, 4) is 5.69 Å². The van der Waals surface area contributed by atoms with Crippen molar-refractivity contribution in [1.82, 2.24) is 14.9 Å². The van der Waals surface area contributed by atoms with E-state index >= 15 is 0 Å². The molecule has 0 fully saturated rings. The summed E-state index contributed by atoms with van der Waals surface area (Å²) in [7, 11) is 0. The predicted molar refractivity (Wildman–Crippen MR) is 118 cm³/mol. The van der Waals surface area contributed by atoms with Crippen molar-refractivity contribution in [1.29, 1.82) is 0 Å². The van der Waals surface area contributed by atoms with E-state index in [1.807, 2.05) is 44.2 Å². The fraction of sp³-hybridized carbons (Fsp3) is 0.240. The summed E-state index contributed by atoms with van der Waals surface area (Å²) >= 11 is 0.